The van der Waals surface area contributed by atoms with Crippen LogP contribution in [0.15, 0.2) is 48.6 Å². The molecule has 1 amide bonds. The standard InChI is InChI=1S/C64H119NO5/c1-3-5-7-9-11-13-15-17-18-19-20-21-22-23-24-25-26-27-29-33-36-40-44-48-52-56-62(67)61(60-66)65-63(68)57-53-49-45-41-37-34-30-28-31-35-39-43-47-51-55-59-70-64(69)58-54-50-46-42-38-32-16-14-12-10-8-6-4-2/h8,10,14,16,31,35,52,56,61-62,66-67H,3-7,9,11-13,15,17-30,32-34,36-51,53-55,57-60H2,1-2H3,(H,65,68)/b10-8-,16-14-,35-31-,56-52+. The molecule has 3 N–H and O–H groups in total. The molecule has 0 fully saturated rings. The molecule has 0 aromatic heterocycles. The van der Waals surface area contributed by atoms with Gasteiger partial charge in [0.25, 0.3) is 0 Å². The molecule has 0 heterocycles. The van der Waals surface area contributed by atoms with Gasteiger partial charge < -0.3 is 20.3 Å². The summed E-state index contributed by atoms with van der Waals surface area (Å²) in [5, 5.41) is 23.2. The fourth-order valence-corrected chi connectivity index (χ4v) is 9.31. The normalized spacial score (nSPS) is 12.9. The first-order valence-corrected chi connectivity index (χ1v) is 30.9. The minimum atomic E-state index is -0.857. The number of unbranched alkanes of at least 4 members (excludes halogenated alkanes) is 40. The summed E-state index contributed by atoms with van der Waals surface area (Å²) in [5.41, 5.74) is 0. The van der Waals surface area contributed by atoms with Gasteiger partial charge in [0.1, 0.15) is 0 Å². The highest BCUT2D eigenvalue weighted by atomic mass is 16.5. The molecule has 0 saturated carbocycles. The van der Waals surface area contributed by atoms with Gasteiger partial charge >= 0.3 is 5.97 Å². The first kappa shape index (κ1) is 67.8. The Labute approximate surface area is 436 Å². The molecule has 0 aromatic rings. The predicted molar refractivity (Wildman–Crippen MR) is 306 cm³/mol. The van der Waals surface area contributed by atoms with E-state index in [0.29, 0.717) is 19.4 Å². The van der Waals surface area contributed by atoms with Gasteiger partial charge in [-0.05, 0) is 83.5 Å². The van der Waals surface area contributed by atoms with Crippen molar-refractivity contribution < 1.29 is 24.5 Å². The van der Waals surface area contributed by atoms with E-state index >= 15 is 0 Å². The number of aliphatic hydroxyl groups is 2. The number of carbonyl (C=O) groups excluding carboxylic acids is 2. The van der Waals surface area contributed by atoms with Crippen molar-refractivity contribution in [2.45, 2.75) is 334 Å². The zero-order chi connectivity index (χ0) is 50.7. The summed E-state index contributed by atoms with van der Waals surface area (Å²) in [7, 11) is 0. The summed E-state index contributed by atoms with van der Waals surface area (Å²) in [6.45, 7) is 4.81. The molecule has 0 spiro atoms. The SMILES string of the molecule is CCC/C=C\C/C=C\CCCCCCCC(=O)OCCCCCC/C=C\CCCCCCCCCC(=O)NC(CO)C(O)/C=C/CCCCCCCCCCCCCCCCCCCCCCCCC. The summed E-state index contributed by atoms with van der Waals surface area (Å²) in [6.07, 6.45) is 75.8. The molecule has 6 heteroatoms. The van der Waals surface area contributed by atoms with Crippen molar-refractivity contribution >= 4 is 11.9 Å². The van der Waals surface area contributed by atoms with Crippen LogP contribution in [0.2, 0.25) is 0 Å². The van der Waals surface area contributed by atoms with Gasteiger partial charge in [-0.1, -0.05) is 274 Å². The summed E-state index contributed by atoms with van der Waals surface area (Å²) in [6, 6.07) is -0.642. The molecule has 0 aromatic carbocycles. The highest BCUT2D eigenvalue weighted by Gasteiger charge is 2.18. The van der Waals surface area contributed by atoms with Crippen molar-refractivity contribution in [1.82, 2.24) is 5.32 Å². The van der Waals surface area contributed by atoms with E-state index < -0.39 is 12.1 Å². The van der Waals surface area contributed by atoms with Crippen molar-refractivity contribution in [2.24, 2.45) is 0 Å². The molecule has 0 saturated heterocycles. The van der Waals surface area contributed by atoms with E-state index in [9.17, 15) is 19.8 Å². The second-order valence-electron chi connectivity index (χ2n) is 21.0. The van der Waals surface area contributed by atoms with Crippen LogP contribution < -0.4 is 5.32 Å². The lowest BCUT2D eigenvalue weighted by Gasteiger charge is -2.20. The summed E-state index contributed by atoms with van der Waals surface area (Å²) in [4.78, 5) is 24.5. The first-order valence-electron chi connectivity index (χ1n) is 30.9. The van der Waals surface area contributed by atoms with Crippen LogP contribution in [-0.2, 0) is 14.3 Å². The van der Waals surface area contributed by atoms with E-state index in [1.165, 1.54) is 212 Å². The fraction of sp³-hybridized carbons (Fsp3) is 0.844. The predicted octanol–water partition coefficient (Wildman–Crippen LogP) is 19.4. The number of aliphatic hydroxyl groups excluding tert-OH is 2. The Morgan fingerprint density at radius 2 is 0.743 bits per heavy atom. The molecule has 0 aliphatic heterocycles. The Balaban J connectivity index is 3.51. The molecule has 2 unspecified atom stereocenters. The van der Waals surface area contributed by atoms with Crippen LogP contribution in [0.1, 0.15) is 322 Å². The maximum atomic E-state index is 12.5. The molecule has 6 nitrogen and oxygen atoms in total. The minimum absolute atomic E-state index is 0.0265. The number of amides is 1. The van der Waals surface area contributed by atoms with Crippen molar-refractivity contribution in [3.8, 4) is 0 Å². The second kappa shape index (κ2) is 59.4. The molecule has 410 valence electrons. The average Bonchev–Trinajstić information content (AvgIpc) is 3.36. The molecule has 0 aliphatic rings. The zero-order valence-electron chi connectivity index (χ0n) is 46.7. The minimum Gasteiger partial charge on any atom is -0.466 e. The van der Waals surface area contributed by atoms with Crippen molar-refractivity contribution in [3.63, 3.8) is 0 Å². The van der Waals surface area contributed by atoms with E-state index in [2.05, 4.69) is 55.6 Å². The quantitative estimate of drug-likeness (QED) is 0.0321. The van der Waals surface area contributed by atoms with Gasteiger partial charge in [0.2, 0.25) is 5.91 Å². The van der Waals surface area contributed by atoms with Crippen LogP contribution >= 0.6 is 0 Å². The van der Waals surface area contributed by atoms with E-state index in [1.54, 1.807) is 6.08 Å². The number of hydrogen-bond acceptors (Lipinski definition) is 5. The number of carbonyl (C=O) groups is 2. The lowest BCUT2D eigenvalue weighted by Crippen LogP contribution is -2.45. The third-order valence-corrected chi connectivity index (χ3v) is 14.0. The van der Waals surface area contributed by atoms with Gasteiger partial charge in [0.15, 0.2) is 0 Å². The summed E-state index contributed by atoms with van der Waals surface area (Å²) >= 11 is 0. The van der Waals surface area contributed by atoms with Gasteiger partial charge in [-0.15, -0.1) is 0 Å². The van der Waals surface area contributed by atoms with Crippen LogP contribution in [0.25, 0.3) is 0 Å². The van der Waals surface area contributed by atoms with Crippen molar-refractivity contribution in [2.75, 3.05) is 13.2 Å². The number of allylic oxidation sites excluding steroid dienone is 7. The Bertz CT molecular complexity index is 1180. The monoisotopic (exact) mass is 982 g/mol. The van der Waals surface area contributed by atoms with E-state index in [4.69, 9.17) is 4.74 Å². The van der Waals surface area contributed by atoms with Gasteiger partial charge in [0, 0.05) is 12.8 Å². The van der Waals surface area contributed by atoms with E-state index in [1.807, 2.05) is 6.08 Å². The van der Waals surface area contributed by atoms with Gasteiger partial charge in [-0.2, -0.15) is 0 Å². The Kier molecular flexibility index (Phi) is 57.5. The van der Waals surface area contributed by atoms with Crippen LogP contribution in [0.4, 0.5) is 0 Å². The van der Waals surface area contributed by atoms with Crippen LogP contribution in [0.5, 0.6) is 0 Å². The van der Waals surface area contributed by atoms with Crippen LogP contribution in [0, 0.1) is 0 Å². The lowest BCUT2D eigenvalue weighted by molar-refractivity contribution is -0.143. The largest absolute Gasteiger partial charge is 0.466 e. The summed E-state index contributed by atoms with van der Waals surface area (Å²) in [5.74, 6) is -0.108. The molecule has 0 rings (SSSR count). The highest BCUT2D eigenvalue weighted by Crippen LogP contribution is 2.17. The molecule has 0 aliphatic carbocycles. The molecule has 0 bridgehead atoms. The third-order valence-electron chi connectivity index (χ3n) is 14.0. The maximum absolute atomic E-state index is 12.5. The molecule has 0 radical (unpaired) electrons. The van der Waals surface area contributed by atoms with Crippen LogP contribution in [0.3, 0.4) is 0 Å². The van der Waals surface area contributed by atoms with Crippen LogP contribution in [-0.4, -0.2) is 47.4 Å². The molecular formula is C64H119NO5. The number of nitrogens with one attached hydrogen (secondary N) is 1. The molecule has 70 heavy (non-hydrogen) atoms. The smallest absolute Gasteiger partial charge is 0.305 e. The first-order chi connectivity index (χ1) is 34.5. The fourth-order valence-electron chi connectivity index (χ4n) is 9.31. The molecule has 2 atom stereocenters. The third kappa shape index (κ3) is 55.1. The number of ether oxygens (including phenoxy) is 1. The van der Waals surface area contributed by atoms with E-state index in [0.717, 1.165) is 83.5 Å². The van der Waals surface area contributed by atoms with Crippen molar-refractivity contribution in [3.05, 3.63) is 48.6 Å². The van der Waals surface area contributed by atoms with Gasteiger partial charge in [-0.25, -0.2) is 0 Å². The molecular weight excluding hydrogens is 863 g/mol. The second-order valence-corrected chi connectivity index (χ2v) is 21.0. The van der Waals surface area contributed by atoms with Crippen molar-refractivity contribution in [1.29, 1.82) is 0 Å². The number of esters is 1. The Hall–Kier alpha value is -2.18. The van der Waals surface area contributed by atoms with Gasteiger partial charge in [0.05, 0.1) is 25.4 Å². The number of hydrogen-bond donors (Lipinski definition) is 3. The average molecular weight is 983 g/mol. The number of rotatable bonds is 57. The topological polar surface area (TPSA) is 95.9 Å². The van der Waals surface area contributed by atoms with E-state index in [-0.39, 0.29) is 18.5 Å². The van der Waals surface area contributed by atoms with Gasteiger partial charge in [-0.3, -0.25) is 9.59 Å². The zero-order valence-corrected chi connectivity index (χ0v) is 46.7. The Morgan fingerprint density at radius 1 is 0.400 bits per heavy atom. The Morgan fingerprint density at radius 3 is 1.16 bits per heavy atom. The lowest BCUT2D eigenvalue weighted by atomic mass is 10.0. The highest BCUT2D eigenvalue weighted by molar-refractivity contribution is 5.76. The maximum Gasteiger partial charge on any atom is 0.305 e. The summed E-state index contributed by atoms with van der Waals surface area (Å²) < 4.78 is 5.45.